The maximum Gasteiger partial charge on any atom is 0.255 e. The summed E-state index contributed by atoms with van der Waals surface area (Å²) in [6.07, 6.45) is 0. The minimum absolute atomic E-state index is 0.410. The monoisotopic (exact) mass is 223 g/mol. The average Bonchev–Trinajstić information content (AvgIpc) is 2.30. The van der Waals surface area contributed by atoms with E-state index in [1.807, 2.05) is 19.3 Å². The number of benzene rings is 1. The number of nitrogens with two attached hydrogens (primary N) is 2. The van der Waals surface area contributed by atoms with Gasteiger partial charge in [-0.1, -0.05) is 6.07 Å². The van der Waals surface area contributed by atoms with E-state index in [0.717, 1.165) is 22.4 Å². The van der Waals surface area contributed by atoms with Crippen molar-refractivity contribution in [3.05, 3.63) is 28.8 Å². The molecule has 0 aliphatic rings. The number of carbonyl (C=O) groups is 1. The molecule has 1 unspecified atom stereocenters. The second-order valence-corrected chi connectivity index (χ2v) is 3.59. The Hall–Kier alpha value is -1.59. The molecule has 1 aromatic rings. The van der Waals surface area contributed by atoms with Crippen LogP contribution in [0, 0.1) is 13.8 Å². The zero-order valence-corrected chi connectivity index (χ0v) is 9.70. The van der Waals surface area contributed by atoms with Gasteiger partial charge in [-0.05, 0) is 36.6 Å². The van der Waals surface area contributed by atoms with Gasteiger partial charge < -0.3 is 10.5 Å². The Morgan fingerprint density at radius 3 is 2.50 bits per heavy atom. The topological polar surface area (TPSA) is 90.4 Å². The molecule has 1 atom stereocenters. The summed E-state index contributed by atoms with van der Waals surface area (Å²) >= 11 is 0. The van der Waals surface area contributed by atoms with Crippen LogP contribution in [-0.2, 0) is 4.79 Å². The van der Waals surface area contributed by atoms with E-state index in [0.29, 0.717) is 0 Å². The van der Waals surface area contributed by atoms with E-state index >= 15 is 0 Å². The molecular formula is C11H17N3O2. The second kappa shape index (κ2) is 4.96. The number of ether oxygens (including phenoxy) is 1. The molecule has 0 aromatic heterocycles. The third-order valence-corrected chi connectivity index (χ3v) is 2.76. The molecule has 0 saturated heterocycles. The van der Waals surface area contributed by atoms with Crippen LogP contribution < -0.4 is 21.7 Å². The zero-order chi connectivity index (χ0) is 12.3. The SMILES string of the molecule is COc1ccc(C(N)C(=O)NN)c(C)c1C. The Labute approximate surface area is 94.7 Å². The van der Waals surface area contributed by atoms with Crippen LogP contribution in [0.2, 0.25) is 0 Å². The third kappa shape index (κ3) is 2.15. The molecule has 0 aliphatic carbocycles. The quantitative estimate of drug-likeness (QED) is 0.390. The Kier molecular flexibility index (Phi) is 3.87. The molecule has 1 aromatic carbocycles. The molecule has 1 amide bonds. The largest absolute Gasteiger partial charge is 0.496 e. The number of carbonyl (C=O) groups excluding carboxylic acids is 1. The zero-order valence-electron chi connectivity index (χ0n) is 9.70. The molecule has 88 valence electrons. The van der Waals surface area contributed by atoms with Crippen molar-refractivity contribution in [2.45, 2.75) is 19.9 Å². The summed E-state index contributed by atoms with van der Waals surface area (Å²) in [5.74, 6) is 5.42. The first-order valence-corrected chi connectivity index (χ1v) is 4.93. The minimum Gasteiger partial charge on any atom is -0.496 e. The molecule has 0 heterocycles. The Balaban J connectivity index is 3.17. The molecule has 0 fully saturated rings. The summed E-state index contributed by atoms with van der Waals surface area (Å²) in [7, 11) is 1.61. The molecule has 5 nitrogen and oxygen atoms in total. The Morgan fingerprint density at radius 2 is 2.00 bits per heavy atom. The summed E-state index contributed by atoms with van der Waals surface area (Å²) in [6, 6.07) is 2.82. The number of hydrogen-bond acceptors (Lipinski definition) is 4. The van der Waals surface area contributed by atoms with Gasteiger partial charge in [-0.3, -0.25) is 10.2 Å². The van der Waals surface area contributed by atoms with Crippen LogP contribution in [0.25, 0.3) is 0 Å². The van der Waals surface area contributed by atoms with Crippen LogP contribution in [0.1, 0.15) is 22.7 Å². The molecule has 0 saturated carbocycles. The van der Waals surface area contributed by atoms with Gasteiger partial charge in [-0.2, -0.15) is 0 Å². The van der Waals surface area contributed by atoms with Crippen molar-refractivity contribution in [2.24, 2.45) is 11.6 Å². The highest BCUT2D eigenvalue weighted by atomic mass is 16.5. The number of amides is 1. The highest BCUT2D eigenvalue weighted by Crippen LogP contribution is 2.26. The van der Waals surface area contributed by atoms with Crippen molar-refractivity contribution in [1.29, 1.82) is 0 Å². The van der Waals surface area contributed by atoms with Crippen LogP contribution in [0.15, 0.2) is 12.1 Å². The minimum atomic E-state index is -0.755. The number of hydrogen-bond donors (Lipinski definition) is 3. The molecule has 0 radical (unpaired) electrons. The molecular weight excluding hydrogens is 206 g/mol. The van der Waals surface area contributed by atoms with E-state index in [1.165, 1.54) is 0 Å². The predicted octanol–water partition coefficient (Wildman–Crippen LogP) is 0.302. The van der Waals surface area contributed by atoms with Crippen LogP contribution in [0.4, 0.5) is 0 Å². The van der Waals surface area contributed by atoms with Crippen LogP contribution in [0.3, 0.4) is 0 Å². The summed E-state index contributed by atoms with van der Waals surface area (Å²) < 4.78 is 5.18. The Morgan fingerprint density at radius 1 is 1.38 bits per heavy atom. The van der Waals surface area contributed by atoms with Crippen molar-refractivity contribution >= 4 is 5.91 Å². The molecule has 1 rings (SSSR count). The number of methoxy groups -OCH3 is 1. The molecule has 0 aliphatic heterocycles. The number of nitrogens with one attached hydrogen (secondary N) is 1. The molecule has 0 spiro atoms. The standard InChI is InChI=1S/C11H17N3O2/c1-6-7(2)9(16-3)5-4-8(6)10(12)11(15)14-13/h4-5,10H,12-13H2,1-3H3,(H,14,15). The van der Waals surface area contributed by atoms with E-state index in [1.54, 1.807) is 19.2 Å². The van der Waals surface area contributed by atoms with E-state index in [4.69, 9.17) is 16.3 Å². The lowest BCUT2D eigenvalue weighted by Gasteiger charge is -2.16. The van der Waals surface area contributed by atoms with Gasteiger partial charge in [-0.15, -0.1) is 0 Å². The number of rotatable bonds is 3. The first-order valence-electron chi connectivity index (χ1n) is 4.93. The van der Waals surface area contributed by atoms with Crippen molar-refractivity contribution in [3.8, 4) is 5.75 Å². The van der Waals surface area contributed by atoms with Gasteiger partial charge in [0.1, 0.15) is 11.8 Å². The first kappa shape index (κ1) is 12.5. The fraction of sp³-hybridized carbons (Fsp3) is 0.364. The lowest BCUT2D eigenvalue weighted by atomic mass is 9.97. The van der Waals surface area contributed by atoms with Crippen molar-refractivity contribution in [3.63, 3.8) is 0 Å². The van der Waals surface area contributed by atoms with Gasteiger partial charge in [0.15, 0.2) is 0 Å². The van der Waals surface area contributed by atoms with Crippen LogP contribution >= 0.6 is 0 Å². The maximum absolute atomic E-state index is 11.3. The fourth-order valence-corrected chi connectivity index (χ4v) is 1.61. The van der Waals surface area contributed by atoms with E-state index < -0.39 is 11.9 Å². The van der Waals surface area contributed by atoms with Crippen LogP contribution in [0.5, 0.6) is 5.75 Å². The molecule has 5 N–H and O–H groups in total. The summed E-state index contributed by atoms with van der Waals surface area (Å²) in [5, 5.41) is 0. The number of hydrazine groups is 1. The first-order chi connectivity index (χ1) is 7.52. The predicted molar refractivity (Wildman–Crippen MR) is 61.7 cm³/mol. The lowest BCUT2D eigenvalue weighted by Crippen LogP contribution is -2.38. The van der Waals surface area contributed by atoms with E-state index in [9.17, 15) is 4.79 Å². The Bertz CT molecular complexity index is 404. The van der Waals surface area contributed by atoms with Gasteiger partial charge in [0.2, 0.25) is 0 Å². The van der Waals surface area contributed by atoms with Crippen molar-refractivity contribution in [2.75, 3.05) is 7.11 Å². The molecule has 5 heteroatoms. The van der Waals surface area contributed by atoms with Gasteiger partial charge in [0.05, 0.1) is 7.11 Å². The van der Waals surface area contributed by atoms with Crippen molar-refractivity contribution in [1.82, 2.24) is 5.43 Å². The fourth-order valence-electron chi connectivity index (χ4n) is 1.61. The second-order valence-electron chi connectivity index (χ2n) is 3.59. The third-order valence-electron chi connectivity index (χ3n) is 2.76. The molecule has 16 heavy (non-hydrogen) atoms. The van der Waals surface area contributed by atoms with Gasteiger partial charge >= 0.3 is 0 Å². The summed E-state index contributed by atoms with van der Waals surface area (Å²) in [6.45, 7) is 3.82. The van der Waals surface area contributed by atoms with Crippen molar-refractivity contribution < 1.29 is 9.53 Å². The normalized spacial score (nSPS) is 12.1. The smallest absolute Gasteiger partial charge is 0.255 e. The maximum atomic E-state index is 11.3. The lowest BCUT2D eigenvalue weighted by molar-refractivity contribution is -0.122. The average molecular weight is 223 g/mol. The van der Waals surface area contributed by atoms with Crippen LogP contribution in [-0.4, -0.2) is 13.0 Å². The van der Waals surface area contributed by atoms with Gasteiger partial charge in [0.25, 0.3) is 5.91 Å². The van der Waals surface area contributed by atoms with Gasteiger partial charge in [0, 0.05) is 0 Å². The molecule has 0 bridgehead atoms. The highest BCUT2D eigenvalue weighted by molar-refractivity contribution is 5.83. The van der Waals surface area contributed by atoms with E-state index in [-0.39, 0.29) is 0 Å². The van der Waals surface area contributed by atoms with E-state index in [2.05, 4.69) is 0 Å². The summed E-state index contributed by atoms with van der Waals surface area (Å²) in [4.78, 5) is 11.3. The van der Waals surface area contributed by atoms with Gasteiger partial charge in [-0.25, -0.2) is 5.84 Å². The highest BCUT2D eigenvalue weighted by Gasteiger charge is 2.18. The summed E-state index contributed by atoms with van der Waals surface area (Å²) in [5.41, 5.74) is 10.5.